The van der Waals surface area contributed by atoms with Crippen LogP contribution in [0.25, 0.3) is 11.0 Å². The molecule has 0 unspecified atom stereocenters. The molecule has 5 N–H and O–H groups in total. The van der Waals surface area contributed by atoms with Crippen LogP contribution < -0.4 is 21.5 Å². The van der Waals surface area contributed by atoms with Crippen molar-refractivity contribution in [2.24, 2.45) is 5.73 Å². The van der Waals surface area contributed by atoms with Gasteiger partial charge in [0.15, 0.2) is 12.0 Å². The van der Waals surface area contributed by atoms with Crippen LogP contribution in [0.4, 0.5) is 16.3 Å². The topological polar surface area (TPSA) is 149 Å². The Morgan fingerprint density at radius 2 is 2.09 bits per heavy atom. The molecule has 3 aromatic rings. The monoisotopic (exact) mass is 454 g/mol. The largest absolute Gasteiger partial charge is 0.491 e. The SMILES string of the molecule is CC1(C)O[C@H]2[C@H](n3ccc4c(N)ncnc43)O[C@H](COc3cccc(NC(N)=O)c3)[C@@]2(C)O1. The van der Waals surface area contributed by atoms with Gasteiger partial charge in [-0.2, -0.15) is 0 Å². The van der Waals surface area contributed by atoms with Gasteiger partial charge in [0.25, 0.3) is 0 Å². The number of nitrogens with two attached hydrogens (primary N) is 2. The van der Waals surface area contributed by atoms with Crippen LogP contribution in [0.5, 0.6) is 5.75 Å². The fraction of sp³-hybridized carbons (Fsp3) is 0.409. The second-order valence-electron chi connectivity index (χ2n) is 8.79. The van der Waals surface area contributed by atoms with Gasteiger partial charge in [-0.05, 0) is 39.0 Å². The molecule has 2 amide bonds. The van der Waals surface area contributed by atoms with Gasteiger partial charge in [0, 0.05) is 18.0 Å². The predicted molar refractivity (Wildman–Crippen MR) is 119 cm³/mol. The molecule has 0 saturated carbocycles. The number of aromatic nitrogens is 3. The van der Waals surface area contributed by atoms with E-state index in [1.807, 2.05) is 37.6 Å². The zero-order valence-corrected chi connectivity index (χ0v) is 18.5. The van der Waals surface area contributed by atoms with E-state index >= 15 is 0 Å². The summed E-state index contributed by atoms with van der Waals surface area (Å²) in [6, 6.07) is 8.16. The maximum Gasteiger partial charge on any atom is 0.316 e. The first-order valence-electron chi connectivity index (χ1n) is 10.6. The molecule has 0 spiro atoms. The Hall–Kier alpha value is -3.41. The number of nitrogens with zero attached hydrogens (tertiary/aromatic N) is 3. The van der Waals surface area contributed by atoms with E-state index in [1.165, 1.54) is 6.33 Å². The summed E-state index contributed by atoms with van der Waals surface area (Å²) in [6.45, 7) is 5.90. The third-order valence-electron chi connectivity index (χ3n) is 5.96. The summed E-state index contributed by atoms with van der Waals surface area (Å²) in [7, 11) is 0. The van der Waals surface area contributed by atoms with Gasteiger partial charge in [0.1, 0.15) is 48.0 Å². The van der Waals surface area contributed by atoms with E-state index in [9.17, 15) is 4.79 Å². The molecular weight excluding hydrogens is 428 g/mol. The highest BCUT2D eigenvalue weighted by atomic mass is 16.8. The van der Waals surface area contributed by atoms with Gasteiger partial charge in [0.2, 0.25) is 0 Å². The molecule has 4 heterocycles. The number of carbonyl (C=O) groups is 1. The normalized spacial score (nSPS) is 28.0. The molecule has 33 heavy (non-hydrogen) atoms. The fourth-order valence-electron chi connectivity index (χ4n) is 4.59. The van der Waals surface area contributed by atoms with Crippen molar-refractivity contribution in [2.75, 3.05) is 17.7 Å². The van der Waals surface area contributed by atoms with Gasteiger partial charge >= 0.3 is 6.03 Å². The summed E-state index contributed by atoms with van der Waals surface area (Å²) >= 11 is 0. The first-order valence-corrected chi connectivity index (χ1v) is 10.6. The predicted octanol–water partition coefficient (Wildman–Crippen LogP) is 2.39. The van der Waals surface area contributed by atoms with E-state index in [0.717, 1.165) is 5.39 Å². The van der Waals surface area contributed by atoms with Gasteiger partial charge < -0.3 is 40.3 Å². The number of rotatable bonds is 5. The number of primary amides is 1. The highest BCUT2D eigenvalue weighted by Gasteiger charge is 2.64. The summed E-state index contributed by atoms with van der Waals surface area (Å²) in [4.78, 5) is 19.6. The van der Waals surface area contributed by atoms with Crippen LogP contribution in [0.2, 0.25) is 0 Å². The molecular formula is C22H26N6O5. The maximum atomic E-state index is 11.1. The number of benzene rings is 1. The number of hydrogen-bond acceptors (Lipinski definition) is 8. The number of carbonyl (C=O) groups excluding carboxylic acids is 1. The number of ether oxygens (including phenoxy) is 4. The van der Waals surface area contributed by atoms with E-state index in [4.69, 9.17) is 30.4 Å². The van der Waals surface area contributed by atoms with Crippen LogP contribution in [-0.4, -0.2) is 50.8 Å². The molecule has 2 aliphatic rings. The van der Waals surface area contributed by atoms with Crippen molar-refractivity contribution < 1.29 is 23.7 Å². The van der Waals surface area contributed by atoms with E-state index < -0.39 is 35.9 Å². The Morgan fingerprint density at radius 3 is 2.88 bits per heavy atom. The van der Waals surface area contributed by atoms with Crippen LogP contribution in [0, 0.1) is 0 Å². The van der Waals surface area contributed by atoms with Crippen LogP contribution in [0.15, 0.2) is 42.9 Å². The summed E-state index contributed by atoms with van der Waals surface area (Å²) in [5, 5.41) is 3.27. The molecule has 11 heteroatoms. The highest BCUT2D eigenvalue weighted by molar-refractivity contribution is 5.88. The van der Waals surface area contributed by atoms with Gasteiger partial charge in [-0.15, -0.1) is 0 Å². The van der Waals surface area contributed by atoms with Crippen LogP contribution in [0.1, 0.15) is 27.0 Å². The zero-order chi connectivity index (χ0) is 23.4. The summed E-state index contributed by atoms with van der Waals surface area (Å²) < 4.78 is 26.9. The molecule has 0 bridgehead atoms. The van der Waals surface area contributed by atoms with Crippen molar-refractivity contribution in [3.8, 4) is 5.75 Å². The van der Waals surface area contributed by atoms with Gasteiger partial charge in [-0.1, -0.05) is 6.07 Å². The van der Waals surface area contributed by atoms with Crippen molar-refractivity contribution in [1.29, 1.82) is 0 Å². The van der Waals surface area contributed by atoms with Crippen molar-refractivity contribution >= 4 is 28.6 Å². The van der Waals surface area contributed by atoms with Gasteiger partial charge in [-0.25, -0.2) is 14.8 Å². The van der Waals surface area contributed by atoms with E-state index in [0.29, 0.717) is 22.9 Å². The minimum Gasteiger partial charge on any atom is -0.491 e. The number of hydrogen-bond donors (Lipinski definition) is 3. The number of anilines is 2. The Kier molecular flexibility index (Phi) is 4.92. The number of amides is 2. The number of fused-ring (bicyclic) bond motifs is 2. The molecule has 2 fully saturated rings. The Bertz CT molecular complexity index is 1210. The molecule has 11 nitrogen and oxygen atoms in total. The van der Waals surface area contributed by atoms with Crippen LogP contribution in [-0.2, 0) is 14.2 Å². The standard InChI is InChI=1S/C22H26N6O5/c1-21(2)32-16-19(28-8-7-14-17(23)25-11-26-18(14)28)31-15(22(16,3)33-21)10-30-13-6-4-5-12(9-13)27-20(24)29/h4-9,11,15-16,19H,10H2,1-3H3,(H2,23,25,26)(H3,24,27,29)/t15-,16+,19-,22-/m1/s1. The molecule has 2 saturated heterocycles. The van der Waals surface area contributed by atoms with E-state index in [-0.39, 0.29) is 6.61 Å². The average Bonchev–Trinajstić information content (AvgIpc) is 3.34. The zero-order valence-electron chi connectivity index (χ0n) is 18.5. The Labute approximate surface area is 190 Å². The Morgan fingerprint density at radius 1 is 1.27 bits per heavy atom. The fourth-order valence-corrected chi connectivity index (χ4v) is 4.59. The second kappa shape index (κ2) is 7.58. The summed E-state index contributed by atoms with van der Waals surface area (Å²) in [5.41, 5.74) is 11.6. The van der Waals surface area contributed by atoms with Gasteiger partial charge in [-0.3, -0.25) is 0 Å². The maximum absolute atomic E-state index is 11.1. The molecule has 5 rings (SSSR count). The molecule has 0 radical (unpaired) electrons. The first-order chi connectivity index (χ1) is 15.7. The highest BCUT2D eigenvalue weighted by Crippen LogP contribution is 2.50. The minimum atomic E-state index is -0.804. The van der Waals surface area contributed by atoms with Crippen molar-refractivity contribution in [2.45, 2.75) is 50.6 Å². The summed E-state index contributed by atoms with van der Waals surface area (Å²) in [5.74, 6) is 0.147. The van der Waals surface area contributed by atoms with E-state index in [1.54, 1.807) is 24.3 Å². The second-order valence-corrected chi connectivity index (χ2v) is 8.79. The third kappa shape index (κ3) is 3.73. The lowest BCUT2D eigenvalue weighted by atomic mass is 9.95. The lowest BCUT2D eigenvalue weighted by Crippen LogP contribution is -2.46. The smallest absolute Gasteiger partial charge is 0.316 e. The lowest BCUT2D eigenvalue weighted by Gasteiger charge is -2.29. The number of nitrogen functional groups attached to an aromatic ring is 1. The molecule has 174 valence electrons. The van der Waals surface area contributed by atoms with E-state index in [2.05, 4.69) is 15.3 Å². The number of nitrogens with one attached hydrogen (secondary N) is 1. The minimum absolute atomic E-state index is 0.194. The molecule has 0 aliphatic carbocycles. The van der Waals surface area contributed by atoms with Crippen molar-refractivity contribution in [3.05, 3.63) is 42.9 Å². The quantitative estimate of drug-likeness (QED) is 0.532. The molecule has 1 aromatic carbocycles. The number of urea groups is 1. The average molecular weight is 454 g/mol. The first kappa shape index (κ1) is 21.4. The van der Waals surface area contributed by atoms with Crippen LogP contribution in [0.3, 0.4) is 0 Å². The van der Waals surface area contributed by atoms with Crippen LogP contribution >= 0.6 is 0 Å². The summed E-state index contributed by atoms with van der Waals surface area (Å²) in [6.07, 6.45) is 1.89. The Balaban J connectivity index is 1.42. The van der Waals surface area contributed by atoms with Gasteiger partial charge in [0.05, 0.1) is 5.39 Å². The molecule has 2 aliphatic heterocycles. The lowest BCUT2D eigenvalue weighted by molar-refractivity contribution is -0.213. The molecule has 4 atom stereocenters. The molecule has 2 aromatic heterocycles. The van der Waals surface area contributed by atoms with Crippen molar-refractivity contribution in [3.63, 3.8) is 0 Å². The third-order valence-corrected chi connectivity index (χ3v) is 5.96. The van der Waals surface area contributed by atoms with Crippen molar-refractivity contribution in [1.82, 2.24) is 14.5 Å².